The van der Waals surface area contributed by atoms with Crippen molar-refractivity contribution in [2.45, 2.75) is 33.1 Å². The minimum atomic E-state index is 0.735. The number of unbranched alkanes of at least 4 members (excludes halogenated alkanes) is 2. The van der Waals surface area contributed by atoms with Crippen molar-refractivity contribution in [1.82, 2.24) is 4.98 Å². The molecule has 5 heteroatoms. The zero-order chi connectivity index (χ0) is 18.9. The molecule has 2 aromatic carbocycles. The van der Waals surface area contributed by atoms with Crippen LogP contribution in [0.25, 0.3) is 11.3 Å². The van der Waals surface area contributed by atoms with Crippen LogP contribution in [0.3, 0.4) is 0 Å². The molecule has 0 aliphatic rings. The number of aryl methyl sites for hydroxylation is 1. The molecule has 0 radical (unpaired) electrons. The van der Waals surface area contributed by atoms with Crippen LogP contribution < -0.4 is 10.2 Å². The van der Waals surface area contributed by atoms with Crippen molar-refractivity contribution in [1.29, 1.82) is 0 Å². The first kappa shape index (κ1) is 19.1. The van der Waals surface area contributed by atoms with Crippen LogP contribution in [0.4, 0.5) is 5.13 Å². The maximum atomic E-state index is 5.88. The molecule has 1 aromatic heterocycles. The van der Waals surface area contributed by atoms with Crippen molar-refractivity contribution in [2.75, 3.05) is 12.0 Å². The molecule has 0 bridgehead atoms. The average molecular weight is 380 g/mol. The van der Waals surface area contributed by atoms with Crippen LogP contribution in [0.1, 0.15) is 37.3 Å². The maximum Gasteiger partial charge on any atom is 0.203 e. The Morgan fingerprint density at radius 2 is 1.93 bits per heavy atom. The van der Waals surface area contributed by atoms with E-state index >= 15 is 0 Å². The van der Waals surface area contributed by atoms with Gasteiger partial charge in [-0.2, -0.15) is 5.10 Å². The minimum Gasteiger partial charge on any atom is -0.493 e. The zero-order valence-corrected chi connectivity index (χ0v) is 16.6. The Bertz CT molecular complexity index is 871. The number of rotatable bonds is 9. The second-order valence-electron chi connectivity index (χ2n) is 6.37. The van der Waals surface area contributed by atoms with Crippen molar-refractivity contribution in [2.24, 2.45) is 5.10 Å². The Balaban J connectivity index is 1.60. The highest BCUT2D eigenvalue weighted by molar-refractivity contribution is 7.14. The number of nitrogens with zero attached hydrogens (tertiary/aromatic N) is 2. The molecule has 140 valence electrons. The van der Waals surface area contributed by atoms with Gasteiger partial charge in [0.1, 0.15) is 5.75 Å². The fraction of sp³-hybridized carbons (Fsp3) is 0.273. The molecule has 3 rings (SSSR count). The molecule has 0 aliphatic carbocycles. The van der Waals surface area contributed by atoms with E-state index in [0.29, 0.717) is 0 Å². The summed E-state index contributed by atoms with van der Waals surface area (Å²) in [4.78, 5) is 4.60. The Kier molecular flexibility index (Phi) is 6.99. The molecule has 0 spiro atoms. The topological polar surface area (TPSA) is 46.5 Å². The molecule has 4 nitrogen and oxygen atoms in total. The van der Waals surface area contributed by atoms with Crippen LogP contribution >= 0.6 is 11.3 Å². The van der Waals surface area contributed by atoms with E-state index < -0.39 is 0 Å². The number of hydrogen-bond donors (Lipinski definition) is 1. The first-order valence-corrected chi connectivity index (χ1v) is 10.2. The van der Waals surface area contributed by atoms with Gasteiger partial charge in [0, 0.05) is 16.5 Å². The first-order chi connectivity index (χ1) is 13.3. The summed E-state index contributed by atoms with van der Waals surface area (Å²) in [6.45, 7) is 5.01. The van der Waals surface area contributed by atoms with Gasteiger partial charge in [-0.25, -0.2) is 4.98 Å². The fourth-order valence-electron chi connectivity index (χ4n) is 2.59. The lowest BCUT2D eigenvalue weighted by atomic mass is 10.1. The second kappa shape index (κ2) is 9.88. The number of thiazole rings is 1. The van der Waals surface area contributed by atoms with E-state index in [0.717, 1.165) is 40.7 Å². The standard InChI is InChI=1S/C22H25N3OS/c1-3-4-7-14-26-21-9-6-5-8-19(21)15-23-25-22-24-20(16-27-22)18-12-10-17(2)11-13-18/h5-6,8-13,15-16H,3-4,7,14H2,1-2H3,(H,24,25)/b23-15-. The van der Waals surface area contributed by atoms with Gasteiger partial charge in [0.15, 0.2) is 0 Å². The molecule has 0 amide bonds. The van der Waals surface area contributed by atoms with Gasteiger partial charge in [0.25, 0.3) is 0 Å². The Morgan fingerprint density at radius 1 is 1.11 bits per heavy atom. The van der Waals surface area contributed by atoms with Gasteiger partial charge < -0.3 is 4.74 Å². The summed E-state index contributed by atoms with van der Waals surface area (Å²) < 4.78 is 5.88. The molecule has 0 saturated heterocycles. The highest BCUT2D eigenvalue weighted by atomic mass is 32.1. The summed E-state index contributed by atoms with van der Waals surface area (Å²) >= 11 is 1.54. The molecule has 0 aliphatic heterocycles. The highest BCUT2D eigenvalue weighted by Gasteiger charge is 2.04. The van der Waals surface area contributed by atoms with Crippen LogP contribution in [0.2, 0.25) is 0 Å². The van der Waals surface area contributed by atoms with Gasteiger partial charge in [-0.15, -0.1) is 11.3 Å². The van der Waals surface area contributed by atoms with Gasteiger partial charge in [-0.1, -0.05) is 61.7 Å². The van der Waals surface area contributed by atoms with E-state index in [1.807, 2.05) is 29.6 Å². The molecule has 27 heavy (non-hydrogen) atoms. The molecule has 1 N–H and O–H groups in total. The molecule has 0 fully saturated rings. The third-order valence-electron chi connectivity index (χ3n) is 4.14. The van der Waals surface area contributed by atoms with Crippen molar-refractivity contribution in [3.05, 3.63) is 65.0 Å². The summed E-state index contributed by atoms with van der Waals surface area (Å²) in [6.07, 6.45) is 5.23. The van der Waals surface area contributed by atoms with Gasteiger partial charge in [-0.05, 0) is 25.5 Å². The minimum absolute atomic E-state index is 0.735. The number of nitrogens with one attached hydrogen (secondary N) is 1. The molecule has 0 saturated carbocycles. The Labute approximate surface area is 164 Å². The van der Waals surface area contributed by atoms with Gasteiger partial charge in [-0.3, -0.25) is 5.43 Å². The Hall–Kier alpha value is -2.66. The van der Waals surface area contributed by atoms with E-state index in [1.54, 1.807) is 17.6 Å². The highest BCUT2D eigenvalue weighted by Crippen LogP contribution is 2.25. The van der Waals surface area contributed by atoms with Crippen molar-refractivity contribution >= 4 is 22.7 Å². The van der Waals surface area contributed by atoms with Crippen molar-refractivity contribution in [3.8, 4) is 17.0 Å². The van der Waals surface area contributed by atoms with Crippen LogP contribution in [-0.2, 0) is 0 Å². The summed E-state index contributed by atoms with van der Waals surface area (Å²) in [7, 11) is 0. The summed E-state index contributed by atoms with van der Waals surface area (Å²) in [5, 5.41) is 7.13. The van der Waals surface area contributed by atoms with Crippen molar-refractivity contribution < 1.29 is 4.74 Å². The van der Waals surface area contributed by atoms with E-state index in [4.69, 9.17) is 4.74 Å². The number of benzene rings is 2. The second-order valence-corrected chi connectivity index (χ2v) is 7.23. The number of ether oxygens (including phenoxy) is 1. The molecular formula is C22H25N3OS. The SMILES string of the molecule is CCCCCOc1ccccc1/C=N\Nc1nc(-c2ccc(C)cc2)cs1. The predicted molar refractivity (Wildman–Crippen MR) is 115 cm³/mol. The molecule has 0 atom stereocenters. The normalized spacial score (nSPS) is 11.0. The van der Waals surface area contributed by atoms with E-state index in [9.17, 15) is 0 Å². The van der Waals surface area contributed by atoms with Gasteiger partial charge >= 0.3 is 0 Å². The summed E-state index contributed by atoms with van der Waals surface area (Å²) in [5.41, 5.74) is 7.28. The smallest absolute Gasteiger partial charge is 0.203 e. The zero-order valence-electron chi connectivity index (χ0n) is 15.8. The number of para-hydroxylation sites is 1. The summed E-state index contributed by atoms with van der Waals surface area (Å²) in [5.74, 6) is 0.860. The number of hydrazone groups is 1. The Morgan fingerprint density at radius 3 is 2.74 bits per heavy atom. The van der Waals surface area contributed by atoms with E-state index in [-0.39, 0.29) is 0 Å². The summed E-state index contributed by atoms with van der Waals surface area (Å²) in [6, 6.07) is 16.3. The van der Waals surface area contributed by atoms with Crippen LogP contribution in [0.15, 0.2) is 59.0 Å². The molecular weight excluding hydrogens is 354 g/mol. The van der Waals surface area contributed by atoms with Crippen LogP contribution in [0.5, 0.6) is 5.75 Å². The lowest BCUT2D eigenvalue weighted by Gasteiger charge is -2.08. The van der Waals surface area contributed by atoms with Crippen LogP contribution in [0, 0.1) is 6.92 Å². The predicted octanol–water partition coefficient (Wildman–Crippen LogP) is 6.13. The van der Waals surface area contributed by atoms with E-state index in [1.165, 1.54) is 18.4 Å². The molecule has 3 aromatic rings. The van der Waals surface area contributed by atoms with E-state index in [2.05, 4.69) is 53.6 Å². The largest absolute Gasteiger partial charge is 0.493 e. The third kappa shape index (κ3) is 5.66. The third-order valence-corrected chi connectivity index (χ3v) is 4.89. The lowest BCUT2D eigenvalue weighted by Crippen LogP contribution is -2.00. The first-order valence-electron chi connectivity index (χ1n) is 9.29. The quantitative estimate of drug-likeness (QED) is 0.276. The average Bonchev–Trinajstić information content (AvgIpc) is 3.16. The van der Waals surface area contributed by atoms with Crippen molar-refractivity contribution in [3.63, 3.8) is 0 Å². The number of hydrogen-bond acceptors (Lipinski definition) is 5. The molecule has 0 unspecified atom stereocenters. The fourth-order valence-corrected chi connectivity index (χ4v) is 3.26. The number of anilines is 1. The number of aromatic nitrogens is 1. The van der Waals surface area contributed by atoms with Gasteiger partial charge in [0.05, 0.1) is 18.5 Å². The molecule has 1 heterocycles. The monoisotopic (exact) mass is 379 g/mol. The van der Waals surface area contributed by atoms with Gasteiger partial charge in [0.2, 0.25) is 5.13 Å². The van der Waals surface area contributed by atoms with Crippen LogP contribution in [-0.4, -0.2) is 17.8 Å². The lowest BCUT2D eigenvalue weighted by molar-refractivity contribution is 0.306. The maximum absolute atomic E-state index is 5.88.